The molecule has 2 N–H and O–H groups in total. The third kappa shape index (κ3) is 5.00. The van der Waals surface area contributed by atoms with Gasteiger partial charge in [-0.1, -0.05) is 11.8 Å². The fourth-order valence-corrected chi connectivity index (χ4v) is 1.89. The van der Waals surface area contributed by atoms with Gasteiger partial charge in [0.2, 0.25) is 0 Å². The van der Waals surface area contributed by atoms with Crippen LogP contribution in [0, 0.1) is 11.8 Å². The zero-order valence-corrected chi connectivity index (χ0v) is 10.5. The quantitative estimate of drug-likeness (QED) is 0.604. The maximum absolute atomic E-state index is 11.6. The molecule has 1 aromatic heterocycles. The summed E-state index contributed by atoms with van der Waals surface area (Å²) in [5.74, 6) is 5.17. The first kappa shape index (κ1) is 13.7. The second-order valence-corrected chi connectivity index (χ2v) is 4.02. The van der Waals surface area contributed by atoms with Crippen molar-refractivity contribution in [2.45, 2.75) is 6.92 Å². The number of aliphatic hydroxyl groups excluding tert-OH is 1. The van der Waals surface area contributed by atoms with Crippen molar-refractivity contribution in [2.24, 2.45) is 0 Å². The molecular weight excluding hydrogens is 238 g/mol. The number of carbonyl (C=O) groups excluding carboxylic acids is 1. The van der Waals surface area contributed by atoms with E-state index in [2.05, 4.69) is 17.2 Å². The summed E-state index contributed by atoms with van der Waals surface area (Å²) < 4.78 is 5.12. The molecular formula is C12H15NO3S. The standard InChI is InChI=1S/C12H15NO3S/c1-2-16-7-5-13-12(15)10-8-11(17-9-10)4-3-6-14/h8-9,14H,2,5-7H2,1H3,(H,13,15). The van der Waals surface area contributed by atoms with Crippen LogP contribution in [0.2, 0.25) is 0 Å². The predicted molar refractivity (Wildman–Crippen MR) is 67.1 cm³/mol. The number of carbonyl (C=O) groups is 1. The Balaban J connectivity index is 2.43. The van der Waals surface area contributed by atoms with Crippen molar-refractivity contribution in [3.63, 3.8) is 0 Å². The summed E-state index contributed by atoms with van der Waals surface area (Å²) >= 11 is 1.38. The van der Waals surface area contributed by atoms with E-state index >= 15 is 0 Å². The van der Waals surface area contributed by atoms with E-state index in [9.17, 15) is 4.79 Å². The van der Waals surface area contributed by atoms with Crippen LogP contribution in [0.5, 0.6) is 0 Å². The van der Waals surface area contributed by atoms with E-state index in [4.69, 9.17) is 9.84 Å². The average Bonchev–Trinajstić information content (AvgIpc) is 2.80. The second kappa shape index (κ2) is 7.85. The van der Waals surface area contributed by atoms with Crippen molar-refractivity contribution in [3.05, 3.63) is 21.9 Å². The van der Waals surface area contributed by atoms with Crippen LogP contribution in [0.4, 0.5) is 0 Å². The first-order valence-corrected chi connectivity index (χ1v) is 6.20. The van der Waals surface area contributed by atoms with Crippen molar-refractivity contribution in [1.29, 1.82) is 0 Å². The molecule has 0 aromatic carbocycles. The normalized spacial score (nSPS) is 9.53. The van der Waals surface area contributed by atoms with Crippen molar-refractivity contribution >= 4 is 17.2 Å². The predicted octanol–water partition coefficient (Wildman–Crippen LogP) is 0.858. The molecule has 0 aliphatic carbocycles. The Morgan fingerprint density at radius 1 is 1.65 bits per heavy atom. The maximum atomic E-state index is 11.6. The van der Waals surface area contributed by atoms with E-state index in [1.54, 1.807) is 11.4 Å². The Morgan fingerprint density at radius 3 is 3.18 bits per heavy atom. The molecule has 0 aliphatic heterocycles. The molecule has 0 radical (unpaired) electrons. The van der Waals surface area contributed by atoms with E-state index in [1.807, 2.05) is 6.92 Å². The zero-order valence-electron chi connectivity index (χ0n) is 9.66. The number of nitrogens with one attached hydrogen (secondary N) is 1. The summed E-state index contributed by atoms with van der Waals surface area (Å²) in [4.78, 5) is 12.4. The maximum Gasteiger partial charge on any atom is 0.252 e. The molecule has 0 aliphatic rings. The minimum Gasteiger partial charge on any atom is -0.384 e. The minimum absolute atomic E-state index is 0.127. The van der Waals surface area contributed by atoms with Crippen LogP contribution in [0.1, 0.15) is 22.2 Å². The van der Waals surface area contributed by atoms with Crippen molar-refractivity contribution < 1.29 is 14.6 Å². The smallest absolute Gasteiger partial charge is 0.252 e. The molecule has 92 valence electrons. The molecule has 4 nitrogen and oxygen atoms in total. The molecule has 0 bridgehead atoms. The Kier molecular flexibility index (Phi) is 6.33. The number of rotatable bonds is 5. The highest BCUT2D eigenvalue weighted by molar-refractivity contribution is 7.10. The molecule has 1 heterocycles. The lowest BCUT2D eigenvalue weighted by molar-refractivity contribution is 0.0923. The third-order valence-corrected chi connectivity index (χ3v) is 2.73. The summed E-state index contributed by atoms with van der Waals surface area (Å²) in [6, 6.07) is 1.71. The average molecular weight is 253 g/mol. The number of aliphatic hydroxyl groups is 1. The van der Waals surface area contributed by atoms with Crippen LogP contribution < -0.4 is 5.32 Å². The van der Waals surface area contributed by atoms with Crippen molar-refractivity contribution in [2.75, 3.05) is 26.4 Å². The molecule has 5 heteroatoms. The Hall–Kier alpha value is -1.35. The van der Waals surface area contributed by atoms with E-state index in [-0.39, 0.29) is 12.5 Å². The number of ether oxygens (including phenoxy) is 1. The summed E-state index contributed by atoms with van der Waals surface area (Å²) in [6.45, 7) is 3.40. The molecule has 1 rings (SSSR count). The van der Waals surface area contributed by atoms with Crippen LogP contribution in [0.25, 0.3) is 0 Å². The summed E-state index contributed by atoms with van der Waals surface area (Å²) in [5, 5.41) is 13.0. The largest absolute Gasteiger partial charge is 0.384 e. The molecule has 0 unspecified atom stereocenters. The number of hydrogen-bond acceptors (Lipinski definition) is 4. The van der Waals surface area contributed by atoms with Gasteiger partial charge < -0.3 is 15.2 Å². The number of amides is 1. The van der Waals surface area contributed by atoms with Gasteiger partial charge in [-0.05, 0) is 13.0 Å². The lowest BCUT2D eigenvalue weighted by Gasteiger charge is -2.03. The van der Waals surface area contributed by atoms with Crippen LogP contribution in [-0.4, -0.2) is 37.4 Å². The minimum atomic E-state index is -0.173. The molecule has 0 saturated carbocycles. The van der Waals surface area contributed by atoms with Gasteiger partial charge in [-0.15, -0.1) is 11.3 Å². The first-order valence-electron chi connectivity index (χ1n) is 5.32. The summed E-state index contributed by atoms with van der Waals surface area (Å²) in [5.41, 5.74) is 0.591. The Bertz CT molecular complexity index is 417. The zero-order chi connectivity index (χ0) is 12.5. The van der Waals surface area contributed by atoms with Crippen LogP contribution in [0.15, 0.2) is 11.4 Å². The van der Waals surface area contributed by atoms with E-state index in [1.165, 1.54) is 11.3 Å². The summed E-state index contributed by atoms with van der Waals surface area (Å²) in [6.07, 6.45) is 0. The molecule has 17 heavy (non-hydrogen) atoms. The Morgan fingerprint density at radius 2 is 2.47 bits per heavy atom. The SMILES string of the molecule is CCOCCNC(=O)c1csc(C#CCO)c1. The highest BCUT2D eigenvalue weighted by Gasteiger charge is 2.06. The van der Waals surface area contributed by atoms with Gasteiger partial charge in [-0.25, -0.2) is 0 Å². The van der Waals surface area contributed by atoms with Crippen LogP contribution in [-0.2, 0) is 4.74 Å². The number of thiophene rings is 1. The molecule has 0 fully saturated rings. The molecule has 1 amide bonds. The lowest BCUT2D eigenvalue weighted by Crippen LogP contribution is -2.26. The van der Waals surface area contributed by atoms with E-state index < -0.39 is 0 Å². The lowest BCUT2D eigenvalue weighted by atomic mass is 10.3. The summed E-state index contributed by atoms with van der Waals surface area (Å²) in [7, 11) is 0. The van der Waals surface area contributed by atoms with Crippen LogP contribution in [0.3, 0.4) is 0 Å². The van der Waals surface area contributed by atoms with Gasteiger partial charge in [-0.2, -0.15) is 0 Å². The van der Waals surface area contributed by atoms with Gasteiger partial charge in [0.25, 0.3) is 5.91 Å². The molecule has 0 atom stereocenters. The van der Waals surface area contributed by atoms with Crippen molar-refractivity contribution in [1.82, 2.24) is 5.32 Å². The van der Waals surface area contributed by atoms with Gasteiger partial charge in [0.05, 0.1) is 17.0 Å². The topological polar surface area (TPSA) is 58.6 Å². The Labute approximate surface area is 105 Å². The third-order valence-electron chi connectivity index (χ3n) is 1.89. The molecule has 0 spiro atoms. The van der Waals surface area contributed by atoms with Crippen LogP contribution >= 0.6 is 11.3 Å². The second-order valence-electron chi connectivity index (χ2n) is 3.11. The monoisotopic (exact) mass is 253 g/mol. The van der Waals surface area contributed by atoms with E-state index in [0.29, 0.717) is 25.3 Å². The first-order chi connectivity index (χ1) is 8.27. The van der Waals surface area contributed by atoms with Gasteiger partial charge in [0.15, 0.2) is 0 Å². The molecule has 1 aromatic rings. The van der Waals surface area contributed by atoms with Gasteiger partial charge in [0.1, 0.15) is 6.61 Å². The highest BCUT2D eigenvalue weighted by atomic mass is 32.1. The fraction of sp³-hybridized carbons (Fsp3) is 0.417. The highest BCUT2D eigenvalue weighted by Crippen LogP contribution is 2.13. The van der Waals surface area contributed by atoms with Gasteiger partial charge in [-0.3, -0.25) is 4.79 Å². The van der Waals surface area contributed by atoms with E-state index in [0.717, 1.165) is 4.88 Å². The van der Waals surface area contributed by atoms with Gasteiger partial charge in [0, 0.05) is 18.5 Å². The fourth-order valence-electron chi connectivity index (χ4n) is 1.13. The van der Waals surface area contributed by atoms with Gasteiger partial charge >= 0.3 is 0 Å². The van der Waals surface area contributed by atoms with Crippen molar-refractivity contribution in [3.8, 4) is 11.8 Å². The molecule has 0 saturated heterocycles. The number of hydrogen-bond donors (Lipinski definition) is 2.